The predicted molar refractivity (Wildman–Crippen MR) is 112 cm³/mol. The van der Waals surface area contributed by atoms with E-state index in [9.17, 15) is 0 Å². The van der Waals surface area contributed by atoms with E-state index in [1.165, 1.54) is 11.3 Å². The Hall–Kier alpha value is -2.66. The molecule has 1 aliphatic rings. The average molecular weight is 364 g/mol. The lowest BCUT2D eigenvalue weighted by Crippen LogP contribution is -2.31. The Morgan fingerprint density at radius 3 is 2.30 bits per heavy atom. The third-order valence-corrected chi connectivity index (χ3v) is 5.22. The molecule has 5 heteroatoms. The van der Waals surface area contributed by atoms with Gasteiger partial charge in [-0.1, -0.05) is 30.3 Å². The lowest BCUT2D eigenvalue weighted by atomic mass is 10.1. The number of rotatable bonds is 6. The van der Waals surface area contributed by atoms with Crippen molar-refractivity contribution >= 4 is 11.4 Å². The van der Waals surface area contributed by atoms with Crippen molar-refractivity contribution in [3.05, 3.63) is 71.6 Å². The van der Waals surface area contributed by atoms with Crippen LogP contribution in [-0.2, 0) is 0 Å². The highest BCUT2D eigenvalue weighted by molar-refractivity contribution is 5.57. The normalized spacial score (nSPS) is 17.6. The molecular formula is C22H29N5. The van der Waals surface area contributed by atoms with Crippen LogP contribution in [-0.4, -0.2) is 37.2 Å². The molecular weight excluding hydrogens is 334 g/mol. The first-order valence-electron chi connectivity index (χ1n) is 9.55. The lowest BCUT2D eigenvalue weighted by molar-refractivity contribution is 0.0605. The molecule has 1 aliphatic heterocycles. The van der Waals surface area contributed by atoms with Crippen molar-refractivity contribution in [2.45, 2.75) is 26.8 Å². The second kappa shape index (κ2) is 8.35. The highest BCUT2D eigenvalue weighted by atomic mass is 15.7. The number of aryl methyl sites for hydroxylation is 1. The van der Waals surface area contributed by atoms with Gasteiger partial charge in [-0.15, -0.1) is 10.2 Å². The zero-order valence-electron chi connectivity index (χ0n) is 16.9. The van der Waals surface area contributed by atoms with Gasteiger partial charge in [0.05, 0.1) is 11.7 Å². The van der Waals surface area contributed by atoms with Crippen molar-refractivity contribution in [1.29, 1.82) is 0 Å². The number of likely N-dealkylation sites (N-methyl/N-ethyl adjacent to an activating group) is 1. The molecule has 5 nitrogen and oxygen atoms in total. The summed E-state index contributed by atoms with van der Waals surface area (Å²) in [7, 11) is 4.09. The van der Waals surface area contributed by atoms with Crippen LogP contribution in [0.4, 0.5) is 11.4 Å². The van der Waals surface area contributed by atoms with E-state index in [0.717, 1.165) is 30.2 Å². The fraction of sp³-hybridized carbons (Fsp3) is 0.364. The minimum absolute atomic E-state index is 0.177. The van der Waals surface area contributed by atoms with Gasteiger partial charge in [0.15, 0.2) is 5.82 Å². The molecule has 0 saturated carbocycles. The smallest absolute Gasteiger partial charge is 0.163 e. The molecule has 0 unspecified atom stereocenters. The Bertz CT molecular complexity index is 824. The first kappa shape index (κ1) is 19.1. The Balaban J connectivity index is 1.81. The maximum atomic E-state index is 4.53. The van der Waals surface area contributed by atoms with Crippen LogP contribution in [0.5, 0.6) is 0 Å². The summed E-state index contributed by atoms with van der Waals surface area (Å²) in [6, 6.07) is 17.0. The number of hydrogen-bond acceptors (Lipinski definition) is 5. The van der Waals surface area contributed by atoms with Crippen molar-refractivity contribution in [2.75, 3.05) is 32.1 Å². The Morgan fingerprint density at radius 2 is 1.67 bits per heavy atom. The Labute approximate surface area is 162 Å². The van der Waals surface area contributed by atoms with Gasteiger partial charge < -0.3 is 4.90 Å². The maximum Gasteiger partial charge on any atom is 0.163 e. The first-order chi connectivity index (χ1) is 13.0. The second-order valence-electron chi connectivity index (χ2n) is 6.82. The van der Waals surface area contributed by atoms with Crippen LogP contribution in [0.2, 0.25) is 0 Å². The molecule has 1 atom stereocenters. The molecule has 0 radical (unpaired) electrons. The molecule has 0 spiro atoms. The highest BCUT2D eigenvalue weighted by Gasteiger charge is 2.27. The van der Waals surface area contributed by atoms with Crippen LogP contribution >= 0.6 is 0 Å². The molecule has 0 amide bonds. The van der Waals surface area contributed by atoms with E-state index in [-0.39, 0.29) is 6.04 Å². The van der Waals surface area contributed by atoms with Gasteiger partial charge in [0.1, 0.15) is 0 Å². The van der Waals surface area contributed by atoms with Crippen molar-refractivity contribution in [3.8, 4) is 0 Å². The molecule has 1 heterocycles. The summed E-state index contributed by atoms with van der Waals surface area (Å²) in [4.78, 5) is 2.33. The van der Waals surface area contributed by atoms with Crippen LogP contribution < -0.4 is 4.90 Å². The summed E-state index contributed by atoms with van der Waals surface area (Å²) < 4.78 is 0. The molecule has 142 valence electrons. The zero-order valence-corrected chi connectivity index (χ0v) is 16.9. The second-order valence-corrected chi connectivity index (χ2v) is 6.82. The molecule has 0 aliphatic carbocycles. The van der Waals surface area contributed by atoms with Crippen LogP contribution in [0.15, 0.2) is 70.7 Å². The number of hydrogen-bond donors (Lipinski definition) is 0. The van der Waals surface area contributed by atoms with Gasteiger partial charge in [-0.2, -0.15) is 0 Å². The van der Waals surface area contributed by atoms with E-state index in [1.54, 1.807) is 0 Å². The van der Waals surface area contributed by atoms with Crippen LogP contribution in [0.1, 0.15) is 31.0 Å². The maximum absolute atomic E-state index is 4.53. The van der Waals surface area contributed by atoms with Gasteiger partial charge in [0, 0.05) is 32.9 Å². The fourth-order valence-electron chi connectivity index (χ4n) is 3.41. The molecule has 0 N–H and O–H groups in total. The highest BCUT2D eigenvalue weighted by Crippen LogP contribution is 2.33. The topological polar surface area (TPSA) is 34.4 Å². The number of azo groups is 1. The third kappa shape index (κ3) is 4.03. The monoisotopic (exact) mass is 363 g/mol. The number of benzene rings is 2. The first-order valence-corrected chi connectivity index (χ1v) is 9.55. The van der Waals surface area contributed by atoms with Gasteiger partial charge in [-0.25, -0.2) is 5.01 Å². The molecule has 27 heavy (non-hydrogen) atoms. The standard InChI is InChI=1S/C22H29N5/c1-6-27(7-2)19-13-14-20(17(3)15-19)23-24-22-16-21(25(4)26(22)5)18-11-9-8-10-12-18/h8-16,21H,6-7H2,1-5H3/t21-/m0/s1. The zero-order chi connectivity index (χ0) is 19.4. The quantitative estimate of drug-likeness (QED) is 0.653. The van der Waals surface area contributed by atoms with Gasteiger partial charge in [0.2, 0.25) is 0 Å². The Morgan fingerprint density at radius 1 is 0.963 bits per heavy atom. The van der Waals surface area contributed by atoms with E-state index < -0.39 is 0 Å². The van der Waals surface area contributed by atoms with Gasteiger partial charge >= 0.3 is 0 Å². The van der Waals surface area contributed by atoms with Gasteiger partial charge in [0.25, 0.3) is 0 Å². The SMILES string of the molecule is CCN(CC)c1ccc(N=NC2=C[C@@H](c3ccccc3)N(C)N2C)c(C)c1. The summed E-state index contributed by atoms with van der Waals surface area (Å²) in [6.45, 7) is 8.44. The molecule has 0 saturated heterocycles. The van der Waals surface area contributed by atoms with E-state index in [1.807, 2.05) is 18.1 Å². The van der Waals surface area contributed by atoms with Crippen LogP contribution in [0.3, 0.4) is 0 Å². The molecule has 0 bridgehead atoms. The van der Waals surface area contributed by atoms with Crippen molar-refractivity contribution in [3.63, 3.8) is 0 Å². The number of hydrazine groups is 1. The van der Waals surface area contributed by atoms with Crippen LogP contribution in [0, 0.1) is 6.92 Å². The van der Waals surface area contributed by atoms with Crippen molar-refractivity contribution in [2.24, 2.45) is 10.2 Å². The summed E-state index contributed by atoms with van der Waals surface area (Å²) in [5.74, 6) is 0.860. The van der Waals surface area contributed by atoms with Gasteiger partial charge in [-0.05, 0) is 56.2 Å². The van der Waals surface area contributed by atoms with E-state index in [4.69, 9.17) is 0 Å². The molecule has 0 aromatic heterocycles. The van der Waals surface area contributed by atoms with E-state index in [2.05, 4.69) is 96.5 Å². The Kier molecular flexibility index (Phi) is 5.91. The summed E-state index contributed by atoms with van der Waals surface area (Å²) in [5.41, 5.74) is 4.53. The summed E-state index contributed by atoms with van der Waals surface area (Å²) in [5, 5.41) is 13.3. The fourth-order valence-corrected chi connectivity index (χ4v) is 3.41. The molecule has 0 fully saturated rings. The predicted octanol–water partition coefficient (Wildman–Crippen LogP) is 5.30. The third-order valence-electron chi connectivity index (χ3n) is 5.22. The largest absolute Gasteiger partial charge is 0.372 e. The summed E-state index contributed by atoms with van der Waals surface area (Å²) in [6.07, 6.45) is 2.15. The average Bonchev–Trinajstić information content (AvgIpc) is 2.97. The lowest BCUT2D eigenvalue weighted by Gasteiger charge is -2.27. The number of nitrogens with zero attached hydrogens (tertiary/aromatic N) is 5. The van der Waals surface area contributed by atoms with Crippen LogP contribution in [0.25, 0.3) is 0 Å². The molecule has 3 rings (SSSR count). The van der Waals surface area contributed by atoms with E-state index >= 15 is 0 Å². The van der Waals surface area contributed by atoms with Crippen molar-refractivity contribution < 1.29 is 0 Å². The minimum Gasteiger partial charge on any atom is -0.372 e. The van der Waals surface area contributed by atoms with Gasteiger partial charge in [-0.3, -0.25) is 5.01 Å². The molecule has 2 aromatic rings. The minimum atomic E-state index is 0.177. The summed E-state index contributed by atoms with van der Waals surface area (Å²) >= 11 is 0. The number of anilines is 1. The van der Waals surface area contributed by atoms with E-state index in [0.29, 0.717) is 0 Å². The van der Waals surface area contributed by atoms with Crippen molar-refractivity contribution in [1.82, 2.24) is 10.0 Å². The molecule has 2 aromatic carbocycles.